The van der Waals surface area contributed by atoms with Gasteiger partial charge in [0.2, 0.25) is 0 Å². The fourth-order valence-electron chi connectivity index (χ4n) is 3.40. The highest BCUT2D eigenvalue weighted by Gasteiger charge is 2.25. The minimum Gasteiger partial charge on any atom is -0.496 e. The van der Waals surface area contributed by atoms with E-state index in [9.17, 15) is 8.42 Å². The maximum absolute atomic E-state index is 13.2. The van der Waals surface area contributed by atoms with Crippen LogP contribution in [0.4, 0.5) is 5.82 Å². The number of ether oxygens (including phenoxy) is 2. The van der Waals surface area contributed by atoms with Gasteiger partial charge in [-0.3, -0.25) is 14.4 Å². The molecule has 3 heterocycles. The zero-order valence-corrected chi connectivity index (χ0v) is 19.2. The lowest BCUT2D eigenvalue weighted by Crippen LogP contribution is -2.15. The second kappa shape index (κ2) is 9.08. The fraction of sp³-hybridized carbons (Fsp3) is 0.286. The summed E-state index contributed by atoms with van der Waals surface area (Å²) in [5, 5.41) is 8.61. The van der Waals surface area contributed by atoms with Gasteiger partial charge in [0.1, 0.15) is 16.0 Å². The summed E-state index contributed by atoms with van der Waals surface area (Å²) in [6.45, 7) is 2.73. The number of rotatable bonds is 9. The molecule has 0 aliphatic rings. The van der Waals surface area contributed by atoms with Crippen LogP contribution in [0.2, 0.25) is 0 Å². The molecule has 4 rings (SSSR count). The number of fused-ring (bicyclic) bond motifs is 1. The van der Waals surface area contributed by atoms with Gasteiger partial charge in [0.05, 0.1) is 33.2 Å². The van der Waals surface area contributed by atoms with Gasteiger partial charge >= 0.3 is 0 Å². The SMILES string of the molecule is CCc1cc(S(=O)(=O)Nc2noc3cc(Cn4cc(CN)cn4)cc(OC)c23)c(OC)cn1. The first-order valence-corrected chi connectivity index (χ1v) is 11.6. The molecule has 0 aliphatic carbocycles. The summed E-state index contributed by atoms with van der Waals surface area (Å²) in [6, 6.07) is 5.01. The van der Waals surface area contributed by atoms with Gasteiger partial charge in [0, 0.05) is 24.0 Å². The Morgan fingerprint density at radius 1 is 1.12 bits per heavy atom. The molecule has 0 aliphatic heterocycles. The predicted octanol–water partition coefficient (Wildman–Crippen LogP) is 2.31. The number of methoxy groups -OCH3 is 2. The van der Waals surface area contributed by atoms with Gasteiger partial charge in [0.25, 0.3) is 10.0 Å². The third-order valence-corrected chi connectivity index (χ3v) is 6.44. The van der Waals surface area contributed by atoms with E-state index in [1.165, 1.54) is 26.5 Å². The minimum absolute atomic E-state index is 0.00909. The van der Waals surface area contributed by atoms with E-state index in [-0.39, 0.29) is 16.5 Å². The number of aromatic nitrogens is 4. The molecular formula is C21H24N6O5S. The van der Waals surface area contributed by atoms with Gasteiger partial charge in [-0.25, -0.2) is 8.42 Å². The summed E-state index contributed by atoms with van der Waals surface area (Å²) < 4.78 is 46.7. The van der Waals surface area contributed by atoms with E-state index in [1.54, 1.807) is 23.0 Å². The molecule has 0 saturated heterocycles. The lowest BCUT2D eigenvalue weighted by Gasteiger charge is -2.12. The third-order valence-electron chi connectivity index (χ3n) is 5.08. The van der Waals surface area contributed by atoms with Crippen LogP contribution in [0.3, 0.4) is 0 Å². The van der Waals surface area contributed by atoms with Crippen molar-refractivity contribution < 1.29 is 22.4 Å². The summed E-state index contributed by atoms with van der Waals surface area (Å²) in [5.41, 5.74) is 8.37. The molecule has 3 aromatic heterocycles. The molecule has 0 unspecified atom stereocenters. The highest BCUT2D eigenvalue weighted by Crippen LogP contribution is 2.35. The Morgan fingerprint density at radius 2 is 1.91 bits per heavy atom. The molecule has 12 heteroatoms. The van der Waals surface area contributed by atoms with Crippen molar-refractivity contribution in [2.24, 2.45) is 5.73 Å². The molecule has 1 aromatic carbocycles. The first-order valence-electron chi connectivity index (χ1n) is 10.1. The molecule has 0 bridgehead atoms. The van der Waals surface area contributed by atoms with Gasteiger partial charge < -0.3 is 19.7 Å². The summed E-state index contributed by atoms with van der Waals surface area (Å²) in [4.78, 5) is 4.14. The van der Waals surface area contributed by atoms with Crippen LogP contribution in [-0.4, -0.2) is 42.6 Å². The Hall–Kier alpha value is -3.64. The average Bonchev–Trinajstić information content (AvgIpc) is 3.44. The van der Waals surface area contributed by atoms with E-state index in [0.29, 0.717) is 41.9 Å². The predicted molar refractivity (Wildman–Crippen MR) is 121 cm³/mol. The van der Waals surface area contributed by atoms with Crippen molar-refractivity contribution in [3.05, 3.63) is 53.6 Å². The zero-order valence-electron chi connectivity index (χ0n) is 18.4. The number of hydrogen-bond acceptors (Lipinski definition) is 9. The number of nitrogens with two attached hydrogens (primary N) is 1. The maximum atomic E-state index is 13.2. The van der Waals surface area contributed by atoms with Crippen LogP contribution in [-0.2, 0) is 29.5 Å². The molecule has 3 N–H and O–H groups in total. The Balaban J connectivity index is 1.70. The molecular weight excluding hydrogens is 448 g/mol. The lowest BCUT2D eigenvalue weighted by molar-refractivity contribution is 0.400. The van der Waals surface area contributed by atoms with E-state index < -0.39 is 10.0 Å². The van der Waals surface area contributed by atoms with Crippen molar-refractivity contribution in [1.82, 2.24) is 19.9 Å². The second-order valence-electron chi connectivity index (χ2n) is 7.24. The Bertz CT molecular complexity index is 1400. The van der Waals surface area contributed by atoms with E-state index in [2.05, 4.69) is 20.0 Å². The first kappa shape index (κ1) is 22.6. The quantitative estimate of drug-likeness (QED) is 0.374. The highest BCUT2D eigenvalue weighted by molar-refractivity contribution is 7.92. The molecule has 0 atom stereocenters. The summed E-state index contributed by atoms with van der Waals surface area (Å²) in [5.74, 6) is 0.538. The number of nitrogens with one attached hydrogen (secondary N) is 1. The van der Waals surface area contributed by atoms with E-state index >= 15 is 0 Å². The second-order valence-corrected chi connectivity index (χ2v) is 8.89. The molecule has 4 aromatic rings. The third kappa shape index (κ3) is 4.47. The van der Waals surface area contributed by atoms with Gasteiger partial charge in [0.15, 0.2) is 17.2 Å². The minimum atomic E-state index is -4.05. The number of anilines is 1. The number of sulfonamides is 1. The Kier molecular flexibility index (Phi) is 6.20. The number of pyridine rings is 1. The monoisotopic (exact) mass is 472 g/mol. The summed E-state index contributed by atoms with van der Waals surface area (Å²) in [6.07, 6.45) is 5.50. The normalized spacial score (nSPS) is 11.6. The van der Waals surface area contributed by atoms with Gasteiger partial charge in [-0.15, -0.1) is 0 Å². The van der Waals surface area contributed by atoms with Crippen molar-refractivity contribution in [1.29, 1.82) is 0 Å². The number of hydrogen-bond donors (Lipinski definition) is 2. The van der Waals surface area contributed by atoms with Gasteiger partial charge in [-0.05, 0) is 30.2 Å². The molecule has 0 amide bonds. The maximum Gasteiger partial charge on any atom is 0.266 e. The molecule has 33 heavy (non-hydrogen) atoms. The zero-order chi connectivity index (χ0) is 23.6. The van der Waals surface area contributed by atoms with Crippen LogP contribution >= 0.6 is 0 Å². The fourth-order valence-corrected chi connectivity index (χ4v) is 4.60. The highest BCUT2D eigenvalue weighted by atomic mass is 32.2. The van der Waals surface area contributed by atoms with Crippen LogP contribution in [0.5, 0.6) is 11.5 Å². The van der Waals surface area contributed by atoms with Crippen molar-refractivity contribution in [2.45, 2.75) is 31.3 Å². The van der Waals surface area contributed by atoms with Crippen molar-refractivity contribution in [2.75, 3.05) is 18.9 Å². The molecule has 174 valence electrons. The van der Waals surface area contributed by atoms with Crippen LogP contribution in [0.15, 0.2) is 46.2 Å². The smallest absolute Gasteiger partial charge is 0.266 e. The standard InChI is InChI=1S/C21H24N6O5S/c1-4-15-7-19(18(31-3)10-23-15)33(28,29)26-21-20-16(30-2)5-13(6-17(20)32-25-21)11-27-12-14(8-22)9-24-27/h5-7,9-10,12H,4,8,11,22H2,1-3H3,(H,25,26). The number of aryl methyl sites for hydroxylation is 1. The molecule has 0 saturated carbocycles. The Labute approximate surface area is 190 Å². The Morgan fingerprint density at radius 3 is 2.58 bits per heavy atom. The van der Waals surface area contributed by atoms with Gasteiger partial charge in [-0.1, -0.05) is 12.1 Å². The van der Waals surface area contributed by atoms with Crippen molar-refractivity contribution >= 4 is 26.8 Å². The number of nitrogens with zero attached hydrogens (tertiary/aromatic N) is 4. The number of benzene rings is 1. The van der Waals surface area contributed by atoms with Gasteiger partial charge in [-0.2, -0.15) is 5.10 Å². The van der Waals surface area contributed by atoms with Crippen LogP contribution in [0.25, 0.3) is 11.0 Å². The molecule has 11 nitrogen and oxygen atoms in total. The van der Waals surface area contributed by atoms with E-state index in [1.807, 2.05) is 13.1 Å². The molecule has 0 radical (unpaired) electrons. The molecule has 0 spiro atoms. The molecule has 0 fully saturated rings. The van der Waals surface area contributed by atoms with E-state index in [0.717, 1.165) is 11.1 Å². The topological polar surface area (TPSA) is 147 Å². The van der Waals surface area contributed by atoms with Crippen molar-refractivity contribution in [3.8, 4) is 11.5 Å². The largest absolute Gasteiger partial charge is 0.496 e. The summed E-state index contributed by atoms with van der Waals surface area (Å²) in [7, 11) is -1.18. The average molecular weight is 473 g/mol. The van der Waals surface area contributed by atoms with Crippen LogP contribution in [0, 0.1) is 0 Å². The lowest BCUT2D eigenvalue weighted by atomic mass is 10.1. The van der Waals surface area contributed by atoms with Crippen molar-refractivity contribution in [3.63, 3.8) is 0 Å². The first-order chi connectivity index (χ1) is 15.9. The summed E-state index contributed by atoms with van der Waals surface area (Å²) >= 11 is 0. The van der Waals surface area contributed by atoms with Crippen LogP contribution < -0.4 is 19.9 Å². The van der Waals surface area contributed by atoms with Crippen LogP contribution in [0.1, 0.15) is 23.7 Å². The van der Waals surface area contributed by atoms with E-state index in [4.69, 9.17) is 19.7 Å².